The van der Waals surface area contributed by atoms with Crippen molar-refractivity contribution in [3.63, 3.8) is 0 Å². The topological polar surface area (TPSA) is 39.9 Å². The molecule has 4 aromatic rings. The van der Waals surface area contributed by atoms with Crippen LogP contribution in [0, 0.1) is 11.6 Å². The Morgan fingerprint density at radius 1 is 0.675 bits per heavy atom. The van der Waals surface area contributed by atoms with E-state index >= 15 is 0 Å². The average Bonchev–Trinajstić information content (AvgIpc) is 3.33. The summed E-state index contributed by atoms with van der Waals surface area (Å²) in [5, 5.41) is 7.85. The van der Waals surface area contributed by atoms with E-state index in [1.807, 2.05) is 0 Å². The highest BCUT2D eigenvalue weighted by Gasteiger charge is 2.36. The van der Waals surface area contributed by atoms with Crippen molar-refractivity contribution in [1.29, 1.82) is 0 Å². The Bertz CT molecular complexity index is 1380. The molecule has 4 rings (SSSR count). The van der Waals surface area contributed by atoms with Gasteiger partial charge in [0.25, 0.3) is 0 Å². The highest BCUT2D eigenvalue weighted by molar-refractivity contribution is 5.68. The van der Waals surface area contributed by atoms with Gasteiger partial charge in [0, 0.05) is 16.8 Å². The fourth-order valence-corrected chi connectivity index (χ4v) is 4.08. The summed E-state index contributed by atoms with van der Waals surface area (Å²) < 4.78 is 115. The fraction of sp³-hybridized carbons (Fsp3) is 0.286. The molecular formula is C28H23F8N3O. The minimum atomic E-state index is -5.01. The van der Waals surface area contributed by atoms with E-state index in [1.54, 1.807) is 12.1 Å². The first-order valence-corrected chi connectivity index (χ1v) is 12.3. The maximum absolute atomic E-state index is 14.0. The smallest absolute Gasteiger partial charge is 0.419 e. The Balaban J connectivity index is 1.82. The lowest BCUT2D eigenvalue weighted by Gasteiger charge is -2.15. The molecule has 1 aromatic heterocycles. The minimum Gasteiger partial charge on any atom is -0.494 e. The molecule has 0 aliphatic rings. The minimum absolute atomic E-state index is 0.193. The molecule has 0 radical (unpaired) electrons. The lowest BCUT2D eigenvalue weighted by Crippen LogP contribution is -2.09. The first-order valence-electron chi connectivity index (χ1n) is 12.3. The Kier molecular flexibility index (Phi) is 8.45. The van der Waals surface area contributed by atoms with Crippen LogP contribution in [0.25, 0.3) is 28.5 Å². The van der Waals surface area contributed by atoms with Crippen molar-refractivity contribution >= 4 is 0 Å². The Morgan fingerprint density at radius 3 is 1.62 bits per heavy atom. The summed E-state index contributed by atoms with van der Waals surface area (Å²) >= 11 is 0. The molecule has 0 saturated carbocycles. The van der Waals surface area contributed by atoms with Gasteiger partial charge in [-0.25, -0.2) is 8.78 Å². The molecule has 0 aliphatic heterocycles. The molecule has 0 N–H and O–H groups in total. The van der Waals surface area contributed by atoms with Crippen molar-refractivity contribution in [1.82, 2.24) is 14.8 Å². The molecule has 212 valence electrons. The van der Waals surface area contributed by atoms with Crippen LogP contribution >= 0.6 is 0 Å². The molecule has 0 unspecified atom stereocenters. The lowest BCUT2D eigenvalue weighted by atomic mass is 10.1. The highest BCUT2D eigenvalue weighted by atomic mass is 19.4. The van der Waals surface area contributed by atoms with Gasteiger partial charge in [0.2, 0.25) is 0 Å². The average molecular weight is 569 g/mol. The van der Waals surface area contributed by atoms with E-state index < -0.39 is 35.1 Å². The van der Waals surface area contributed by atoms with Crippen LogP contribution in [0.4, 0.5) is 35.1 Å². The quantitative estimate of drug-likeness (QED) is 0.149. The highest BCUT2D eigenvalue weighted by Crippen LogP contribution is 2.38. The third-order valence-corrected chi connectivity index (χ3v) is 6.08. The molecule has 0 fully saturated rings. The van der Waals surface area contributed by atoms with Gasteiger partial charge in [0.05, 0.1) is 17.7 Å². The van der Waals surface area contributed by atoms with Gasteiger partial charge in [0.1, 0.15) is 17.4 Å². The van der Waals surface area contributed by atoms with E-state index in [-0.39, 0.29) is 28.5 Å². The van der Waals surface area contributed by atoms with Crippen LogP contribution in [0.3, 0.4) is 0 Å². The van der Waals surface area contributed by atoms with Crippen LogP contribution in [0.1, 0.15) is 43.7 Å². The predicted molar refractivity (Wildman–Crippen MR) is 132 cm³/mol. The molecular weight excluding hydrogens is 546 g/mol. The van der Waals surface area contributed by atoms with E-state index in [9.17, 15) is 35.1 Å². The normalized spacial score (nSPS) is 12.1. The number of hydrogen-bond donors (Lipinski definition) is 0. The van der Waals surface area contributed by atoms with Crippen molar-refractivity contribution in [3.8, 4) is 34.2 Å². The molecule has 0 saturated heterocycles. The van der Waals surface area contributed by atoms with Gasteiger partial charge in [0.15, 0.2) is 11.6 Å². The number of unbranched alkanes of at least 4 members (excludes halogenated alkanes) is 3. The van der Waals surface area contributed by atoms with Gasteiger partial charge >= 0.3 is 12.4 Å². The summed E-state index contributed by atoms with van der Waals surface area (Å²) in [6.07, 6.45) is -6.05. The number of nitrogens with zero attached hydrogens (tertiary/aromatic N) is 3. The SMILES string of the molecule is CCCCCCOc1ccc(-n2c(-c3ccc(F)c(C(F)(F)F)c3)nnc2-c2ccc(F)c(C(F)(F)F)c2)cc1. The monoisotopic (exact) mass is 569 g/mol. The molecule has 12 heteroatoms. The standard InChI is InChI=1S/C28H23F8N3O/c1-2-3-4-5-14-40-20-10-8-19(9-11-20)39-25(17-6-12-23(29)21(15-17)27(31,32)33)37-38-26(39)18-7-13-24(30)22(16-18)28(34,35)36/h6-13,15-16H,2-5,14H2,1H3. The summed E-state index contributed by atoms with van der Waals surface area (Å²) in [6, 6.07) is 10.6. The predicted octanol–water partition coefficient (Wildman–Crippen LogP) is 8.88. The van der Waals surface area contributed by atoms with Crippen LogP contribution in [-0.2, 0) is 12.4 Å². The summed E-state index contributed by atoms with van der Waals surface area (Å²) in [4.78, 5) is 0. The summed E-state index contributed by atoms with van der Waals surface area (Å²) in [7, 11) is 0. The zero-order chi connectivity index (χ0) is 29.1. The van der Waals surface area contributed by atoms with Crippen molar-refractivity contribution in [2.24, 2.45) is 0 Å². The summed E-state index contributed by atoms with van der Waals surface area (Å²) in [5.74, 6) is -2.91. The fourth-order valence-electron chi connectivity index (χ4n) is 4.08. The van der Waals surface area contributed by atoms with Crippen molar-refractivity contribution < 1.29 is 39.9 Å². The molecule has 0 aliphatic carbocycles. The van der Waals surface area contributed by atoms with Crippen molar-refractivity contribution in [2.45, 2.75) is 45.0 Å². The van der Waals surface area contributed by atoms with E-state index in [1.165, 1.54) is 16.7 Å². The molecule has 3 aromatic carbocycles. The van der Waals surface area contributed by atoms with E-state index in [0.717, 1.165) is 37.8 Å². The number of ether oxygens (including phenoxy) is 1. The van der Waals surface area contributed by atoms with Crippen LogP contribution < -0.4 is 4.74 Å². The van der Waals surface area contributed by atoms with Crippen LogP contribution in [0.5, 0.6) is 5.75 Å². The van der Waals surface area contributed by atoms with Gasteiger partial charge < -0.3 is 4.74 Å². The third kappa shape index (κ3) is 6.43. The molecule has 4 nitrogen and oxygen atoms in total. The van der Waals surface area contributed by atoms with E-state index in [0.29, 0.717) is 36.6 Å². The van der Waals surface area contributed by atoms with Gasteiger partial charge in [-0.15, -0.1) is 10.2 Å². The number of halogens is 8. The van der Waals surface area contributed by atoms with E-state index in [4.69, 9.17) is 4.74 Å². The van der Waals surface area contributed by atoms with Gasteiger partial charge in [-0.3, -0.25) is 4.57 Å². The van der Waals surface area contributed by atoms with Crippen LogP contribution in [0.15, 0.2) is 60.7 Å². The molecule has 1 heterocycles. The summed E-state index contributed by atoms with van der Waals surface area (Å²) in [5.41, 5.74) is -3.21. The first kappa shape index (κ1) is 29.0. The number of alkyl halides is 6. The zero-order valence-corrected chi connectivity index (χ0v) is 21.1. The first-order chi connectivity index (χ1) is 18.9. The summed E-state index contributed by atoms with van der Waals surface area (Å²) in [6.45, 7) is 2.55. The lowest BCUT2D eigenvalue weighted by molar-refractivity contribution is -0.140. The maximum Gasteiger partial charge on any atom is 0.419 e. The number of benzene rings is 3. The Hall–Kier alpha value is -3.96. The molecule has 40 heavy (non-hydrogen) atoms. The second kappa shape index (κ2) is 11.6. The molecule has 0 spiro atoms. The number of hydrogen-bond acceptors (Lipinski definition) is 3. The van der Waals surface area contributed by atoms with Crippen molar-refractivity contribution in [3.05, 3.63) is 83.4 Å². The van der Waals surface area contributed by atoms with E-state index in [2.05, 4.69) is 17.1 Å². The van der Waals surface area contributed by atoms with Crippen LogP contribution in [0.2, 0.25) is 0 Å². The van der Waals surface area contributed by atoms with Gasteiger partial charge in [-0.1, -0.05) is 26.2 Å². The molecule has 0 amide bonds. The second-order valence-corrected chi connectivity index (χ2v) is 8.97. The maximum atomic E-state index is 14.0. The molecule has 0 atom stereocenters. The second-order valence-electron chi connectivity index (χ2n) is 8.97. The number of rotatable bonds is 9. The third-order valence-electron chi connectivity index (χ3n) is 6.08. The Morgan fingerprint density at radius 2 is 1.18 bits per heavy atom. The Labute approximate surface area is 224 Å². The number of aromatic nitrogens is 3. The zero-order valence-electron chi connectivity index (χ0n) is 21.1. The van der Waals surface area contributed by atoms with Crippen LogP contribution in [-0.4, -0.2) is 21.4 Å². The molecule has 0 bridgehead atoms. The van der Waals surface area contributed by atoms with Gasteiger partial charge in [-0.05, 0) is 67.1 Å². The van der Waals surface area contributed by atoms with Crippen molar-refractivity contribution in [2.75, 3.05) is 6.61 Å². The largest absolute Gasteiger partial charge is 0.494 e. The van der Waals surface area contributed by atoms with Gasteiger partial charge in [-0.2, -0.15) is 26.3 Å².